The number of rotatable bonds is 11. The summed E-state index contributed by atoms with van der Waals surface area (Å²) in [6.45, 7) is 10.8. The number of aromatic nitrogens is 4. The minimum atomic E-state index is -5.24. The highest BCUT2D eigenvalue weighted by atomic mass is 19.4. The summed E-state index contributed by atoms with van der Waals surface area (Å²) in [5.74, 6) is -2.13. The Morgan fingerprint density at radius 2 is 1.76 bits per heavy atom. The zero-order chi connectivity index (χ0) is 36.9. The van der Waals surface area contributed by atoms with Crippen molar-refractivity contribution in [3.05, 3.63) is 75.5 Å². The van der Waals surface area contributed by atoms with Crippen LogP contribution in [0.2, 0.25) is 0 Å². The van der Waals surface area contributed by atoms with Crippen molar-refractivity contribution >= 4 is 34.7 Å². The van der Waals surface area contributed by atoms with E-state index in [2.05, 4.69) is 30.4 Å². The third-order valence-electron chi connectivity index (χ3n) is 8.65. The fourth-order valence-electron chi connectivity index (χ4n) is 6.08. The van der Waals surface area contributed by atoms with E-state index in [4.69, 9.17) is 4.98 Å². The normalized spacial score (nSPS) is 13.8. The van der Waals surface area contributed by atoms with E-state index in [-0.39, 0.29) is 30.6 Å². The molecule has 272 valence electrons. The van der Waals surface area contributed by atoms with E-state index in [0.717, 1.165) is 46.6 Å². The number of nitrogens with one attached hydrogen (secondary N) is 3. The molecule has 4 heterocycles. The van der Waals surface area contributed by atoms with Gasteiger partial charge in [0.2, 0.25) is 0 Å². The van der Waals surface area contributed by atoms with Gasteiger partial charge in [0.15, 0.2) is 0 Å². The number of nitrogens with zero attached hydrogens (tertiary/aromatic N) is 5. The number of hydrogen-bond donors (Lipinski definition) is 3. The molecule has 3 aromatic heterocycles. The van der Waals surface area contributed by atoms with Crippen LogP contribution >= 0.6 is 0 Å². The molecule has 5 rings (SSSR count). The predicted molar refractivity (Wildman–Crippen MR) is 185 cm³/mol. The highest BCUT2D eigenvalue weighted by molar-refractivity contribution is 6.08. The molecule has 16 heteroatoms. The van der Waals surface area contributed by atoms with Crippen molar-refractivity contribution in [1.29, 1.82) is 0 Å². The second-order valence-electron chi connectivity index (χ2n) is 12.7. The van der Waals surface area contributed by atoms with Gasteiger partial charge in [-0.1, -0.05) is 13.3 Å². The van der Waals surface area contributed by atoms with E-state index in [0.29, 0.717) is 49.2 Å². The Morgan fingerprint density at radius 3 is 2.41 bits per heavy atom. The third kappa shape index (κ3) is 8.92. The molecule has 0 radical (unpaired) electrons. The number of alkyl halides is 3. The molecule has 2 amide bonds. The van der Waals surface area contributed by atoms with Crippen molar-refractivity contribution in [3.63, 3.8) is 0 Å². The van der Waals surface area contributed by atoms with Crippen LogP contribution in [0.5, 0.6) is 0 Å². The van der Waals surface area contributed by atoms with Crippen molar-refractivity contribution < 1.29 is 32.3 Å². The number of carbonyl (C=O) groups excluding carboxylic acids is 3. The number of ether oxygens (including phenoxy) is 1. The third-order valence-corrected chi connectivity index (χ3v) is 8.65. The number of esters is 1. The Balaban J connectivity index is 1.26. The summed E-state index contributed by atoms with van der Waals surface area (Å²) in [5, 5.41) is 10.4. The molecule has 1 aliphatic heterocycles. The van der Waals surface area contributed by atoms with E-state index < -0.39 is 18.2 Å². The number of aromatic amines is 1. The van der Waals surface area contributed by atoms with Crippen LogP contribution in [0.15, 0.2) is 47.5 Å². The highest BCUT2D eigenvalue weighted by Gasteiger charge is 2.42. The summed E-state index contributed by atoms with van der Waals surface area (Å²) in [5.41, 5.74) is 4.83. The maximum atomic E-state index is 13.7. The lowest BCUT2D eigenvalue weighted by Crippen LogP contribution is -2.48. The van der Waals surface area contributed by atoms with Crippen LogP contribution < -0.4 is 21.1 Å². The van der Waals surface area contributed by atoms with Crippen molar-refractivity contribution in [1.82, 2.24) is 35.3 Å². The summed E-state index contributed by atoms with van der Waals surface area (Å²) in [6, 6.07) is 9.64. The molecular formula is C35H41F3N8O5. The lowest BCUT2D eigenvalue weighted by Gasteiger charge is -2.35. The topological polar surface area (TPSA) is 155 Å². The number of carbonyl (C=O) groups is 3. The van der Waals surface area contributed by atoms with Crippen LogP contribution in [-0.2, 0) is 22.5 Å². The number of alkyl carbamates (subject to hydrolysis) is 1. The molecule has 0 bridgehead atoms. The van der Waals surface area contributed by atoms with Gasteiger partial charge in [0.25, 0.3) is 11.5 Å². The number of H-pyrrole nitrogens is 1. The number of pyridine rings is 2. The maximum absolute atomic E-state index is 13.7. The van der Waals surface area contributed by atoms with Crippen LogP contribution in [-0.4, -0.2) is 88.1 Å². The lowest BCUT2D eigenvalue weighted by molar-refractivity contribution is -0.192. The van der Waals surface area contributed by atoms with Gasteiger partial charge >= 0.3 is 18.2 Å². The zero-order valence-corrected chi connectivity index (χ0v) is 28.9. The van der Waals surface area contributed by atoms with Gasteiger partial charge in [-0.05, 0) is 68.7 Å². The Bertz CT molecular complexity index is 1950. The molecule has 0 atom stereocenters. The smallest absolute Gasteiger partial charge is 0.369 e. The van der Waals surface area contributed by atoms with Crippen LogP contribution in [0.4, 0.5) is 23.8 Å². The van der Waals surface area contributed by atoms with E-state index in [1.54, 1.807) is 12.4 Å². The minimum Gasteiger partial charge on any atom is -0.369 e. The number of fused-ring (bicyclic) bond motifs is 1. The summed E-state index contributed by atoms with van der Waals surface area (Å²) in [4.78, 5) is 60.5. The summed E-state index contributed by atoms with van der Waals surface area (Å²) >= 11 is 0. The van der Waals surface area contributed by atoms with Gasteiger partial charge < -0.3 is 25.3 Å². The molecule has 1 fully saturated rings. The molecule has 0 aliphatic carbocycles. The van der Waals surface area contributed by atoms with Gasteiger partial charge in [0.05, 0.1) is 17.3 Å². The first-order valence-electron chi connectivity index (χ1n) is 16.8. The lowest BCUT2D eigenvalue weighted by atomic mass is 10.00. The molecule has 1 aromatic carbocycles. The molecular weight excluding hydrogens is 669 g/mol. The molecule has 0 saturated carbocycles. The van der Waals surface area contributed by atoms with Gasteiger partial charge in [-0.25, -0.2) is 14.6 Å². The first kappa shape index (κ1) is 37.0. The summed E-state index contributed by atoms with van der Waals surface area (Å²) in [6.07, 6.45) is -1.65. The first-order valence-corrected chi connectivity index (χ1v) is 16.8. The van der Waals surface area contributed by atoms with Gasteiger partial charge in [-0.15, -0.1) is 0 Å². The second-order valence-corrected chi connectivity index (χ2v) is 12.7. The van der Waals surface area contributed by atoms with E-state index in [9.17, 15) is 32.3 Å². The van der Waals surface area contributed by atoms with Crippen LogP contribution in [0.3, 0.4) is 0 Å². The fourth-order valence-corrected chi connectivity index (χ4v) is 6.08. The molecule has 4 aromatic rings. The van der Waals surface area contributed by atoms with Crippen LogP contribution in [0.1, 0.15) is 60.4 Å². The fraction of sp³-hybridized carbons (Fsp3) is 0.429. The van der Waals surface area contributed by atoms with Crippen molar-refractivity contribution in [2.45, 2.75) is 59.3 Å². The van der Waals surface area contributed by atoms with E-state index >= 15 is 0 Å². The molecule has 0 unspecified atom stereocenters. The van der Waals surface area contributed by atoms with E-state index in [1.807, 2.05) is 67.6 Å². The first-order chi connectivity index (χ1) is 24.2. The van der Waals surface area contributed by atoms with Crippen molar-refractivity contribution in [2.24, 2.45) is 0 Å². The number of piperazine rings is 1. The average molecular weight is 711 g/mol. The number of aryl methyl sites for hydroxylation is 2. The van der Waals surface area contributed by atoms with Gasteiger partial charge in [0, 0.05) is 80.3 Å². The summed E-state index contributed by atoms with van der Waals surface area (Å²) in [7, 11) is 0. The quantitative estimate of drug-likeness (QED) is 0.151. The number of benzene rings is 1. The molecule has 0 spiro atoms. The molecule has 1 saturated heterocycles. The van der Waals surface area contributed by atoms with E-state index in [1.165, 1.54) is 0 Å². The zero-order valence-electron chi connectivity index (χ0n) is 28.9. The van der Waals surface area contributed by atoms with Gasteiger partial charge in [-0.3, -0.25) is 19.2 Å². The highest BCUT2D eigenvalue weighted by Crippen LogP contribution is 2.30. The second kappa shape index (κ2) is 15.7. The monoisotopic (exact) mass is 710 g/mol. The number of anilines is 1. The standard InChI is InChI=1S/C35H41F3N8O5/c1-5-6-23-15-22(4)43-32(48)27(23)19-41-31(47)26-16-25(17-29-28(26)20-42-46(29)21(2)3)24-7-8-30(40-18-24)45-13-11-44(12-14-45)10-9-39-34(50)51-33(49)35(36,37)38/h7-8,15-18,20-21H,5-6,9-14,19H2,1-4H3,(H,39,50)(H,41,47)(H,43,48). The Kier molecular flexibility index (Phi) is 11.4. The molecule has 3 N–H and O–H groups in total. The van der Waals surface area contributed by atoms with Crippen LogP contribution in [0.25, 0.3) is 22.0 Å². The van der Waals surface area contributed by atoms with Gasteiger partial charge in [0.1, 0.15) is 5.82 Å². The molecule has 51 heavy (non-hydrogen) atoms. The van der Waals surface area contributed by atoms with Crippen molar-refractivity contribution in [2.75, 3.05) is 44.2 Å². The van der Waals surface area contributed by atoms with Crippen molar-refractivity contribution in [3.8, 4) is 11.1 Å². The number of amides is 2. The Labute approximate surface area is 292 Å². The Hall–Kier alpha value is -5.25. The maximum Gasteiger partial charge on any atom is 0.491 e. The average Bonchev–Trinajstić information content (AvgIpc) is 3.52. The number of halogens is 3. The Morgan fingerprint density at radius 1 is 1.02 bits per heavy atom. The predicted octanol–water partition coefficient (Wildman–Crippen LogP) is 4.50. The number of hydrogen-bond acceptors (Lipinski definition) is 9. The largest absolute Gasteiger partial charge is 0.491 e. The molecule has 13 nitrogen and oxygen atoms in total. The SMILES string of the molecule is CCCc1cc(C)[nH]c(=O)c1CNC(=O)c1cc(-c2ccc(N3CCN(CCNC(=O)OC(=O)C(F)(F)F)CC3)nc2)cc2c1cnn2C(C)C. The minimum absolute atomic E-state index is 0.0150. The van der Waals surface area contributed by atoms with Gasteiger partial charge in [-0.2, -0.15) is 18.3 Å². The van der Waals surface area contributed by atoms with Crippen LogP contribution in [0, 0.1) is 6.92 Å². The molecule has 1 aliphatic rings. The summed E-state index contributed by atoms with van der Waals surface area (Å²) < 4.78 is 42.4.